The van der Waals surface area contributed by atoms with Crippen molar-refractivity contribution in [3.05, 3.63) is 40.1 Å². The second-order valence-electron chi connectivity index (χ2n) is 4.33. The molecule has 1 N–H and O–H groups in total. The highest BCUT2D eigenvalue weighted by molar-refractivity contribution is 7.10. The molecule has 1 aromatic carbocycles. The number of carbonyl (C=O) groups is 1. The maximum atomic E-state index is 12.0. The number of amides is 1. The fourth-order valence-electron chi connectivity index (χ4n) is 1.88. The second kappa shape index (κ2) is 6.43. The zero-order valence-electron chi connectivity index (χ0n) is 11.7. The molecule has 0 radical (unpaired) electrons. The van der Waals surface area contributed by atoms with Gasteiger partial charge in [0.15, 0.2) is 11.5 Å². The number of hydrogen-bond acceptors (Lipinski definition) is 4. The lowest BCUT2D eigenvalue weighted by molar-refractivity contribution is -0.115. The number of anilines is 1. The third kappa shape index (κ3) is 3.30. The summed E-state index contributed by atoms with van der Waals surface area (Å²) in [6.45, 7) is 1.92. The minimum atomic E-state index is -0.0391. The van der Waals surface area contributed by atoms with Crippen molar-refractivity contribution in [2.75, 3.05) is 19.5 Å². The van der Waals surface area contributed by atoms with Crippen LogP contribution in [0.2, 0.25) is 0 Å². The van der Waals surface area contributed by atoms with Crippen LogP contribution in [0.15, 0.2) is 29.6 Å². The number of nitrogens with one attached hydrogen (secondary N) is 1. The Kier molecular flexibility index (Phi) is 4.63. The van der Waals surface area contributed by atoms with E-state index in [0.29, 0.717) is 17.9 Å². The lowest BCUT2D eigenvalue weighted by atomic mass is 10.1. The van der Waals surface area contributed by atoms with Gasteiger partial charge >= 0.3 is 0 Å². The zero-order chi connectivity index (χ0) is 14.5. The Labute approximate surface area is 122 Å². The molecule has 4 nitrogen and oxygen atoms in total. The molecule has 2 aromatic rings. The molecule has 20 heavy (non-hydrogen) atoms. The van der Waals surface area contributed by atoms with Gasteiger partial charge in [0.2, 0.25) is 5.91 Å². The molecule has 0 saturated heterocycles. The molecule has 5 heteroatoms. The Morgan fingerprint density at radius 2 is 1.95 bits per heavy atom. The van der Waals surface area contributed by atoms with Crippen LogP contribution in [-0.4, -0.2) is 20.1 Å². The summed E-state index contributed by atoms with van der Waals surface area (Å²) in [6.07, 6.45) is 0.380. The highest BCUT2D eigenvalue weighted by Crippen LogP contribution is 2.32. The maximum Gasteiger partial charge on any atom is 0.229 e. The number of ether oxygens (including phenoxy) is 2. The molecular formula is C15H17NO3S. The molecule has 0 fully saturated rings. The van der Waals surface area contributed by atoms with Crippen molar-refractivity contribution in [2.24, 2.45) is 0 Å². The topological polar surface area (TPSA) is 47.6 Å². The van der Waals surface area contributed by atoms with Gasteiger partial charge < -0.3 is 14.8 Å². The van der Waals surface area contributed by atoms with E-state index >= 15 is 0 Å². The average Bonchev–Trinajstić information content (AvgIpc) is 2.93. The highest BCUT2D eigenvalue weighted by atomic mass is 32.1. The van der Waals surface area contributed by atoms with E-state index in [2.05, 4.69) is 5.32 Å². The molecule has 106 valence electrons. The fourth-order valence-corrected chi connectivity index (χ4v) is 2.58. The Balaban J connectivity index is 2.14. The van der Waals surface area contributed by atoms with E-state index in [1.165, 1.54) is 0 Å². The Hall–Kier alpha value is -2.01. The fraction of sp³-hybridized carbons (Fsp3) is 0.267. The van der Waals surface area contributed by atoms with Crippen LogP contribution in [0, 0.1) is 6.92 Å². The van der Waals surface area contributed by atoms with Crippen molar-refractivity contribution in [2.45, 2.75) is 13.3 Å². The van der Waals surface area contributed by atoms with Crippen molar-refractivity contribution in [1.29, 1.82) is 0 Å². The predicted octanol–water partition coefficient (Wildman–Crippen LogP) is 3.25. The van der Waals surface area contributed by atoms with E-state index in [9.17, 15) is 4.79 Å². The molecule has 2 rings (SSSR count). The first-order valence-electron chi connectivity index (χ1n) is 6.19. The van der Waals surface area contributed by atoms with E-state index in [1.807, 2.05) is 30.5 Å². The zero-order valence-corrected chi connectivity index (χ0v) is 12.5. The molecule has 0 bridgehead atoms. The molecule has 0 aliphatic rings. The minimum absolute atomic E-state index is 0.0391. The number of aryl methyl sites for hydroxylation is 1. The Morgan fingerprint density at radius 1 is 1.25 bits per heavy atom. The van der Waals surface area contributed by atoms with Crippen LogP contribution in [0.1, 0.15) is 10.4 Å². The second-order valence-corrected chi connectivity index (χ2v) is 5.36. The first kappa shape index (κ1) is 14.4. The Bertz CT molecular complexity index is 593. The van der Waals surface area contributed by atoms with Crippen LogP contribution < -0.4 is 14.8 Å². The van der Waals surface area contributed by atoms with Gasteiger partial charge in [-0.2, -0.15) is 0 Å². The van der Waals surface area contributed by atoms with E-state index in [0.717, 1.165) is 16.1 Å². The molecule has 0 atom stereocenters. The number of thiophene rings is 1. The molecule has 0 aliphatic heterocycles. The van der Waals surface area contributed by atoms with Crippen molar-refractivity contribution in [3.63, 3.8) is 0 Å². The summed E-state index contributed by atoms with van der Waals surface area (Å²) in [4.78, 5) is 13.1. The highest BCUT2D eigenvalue weighted by Gasteiger charge is 2.11. The summed E-state index contributed by atoms with van der Waals surface area (Å²) in [7, 11) is 3.16. The minimum Gasteiger partial charge on any atom is -0.493 e. The van der Waals surface area contributed by atoms with Crippen LogP contribution in [0.3, 0.4) is 0 Å². The van der Waals surface area contributed by atoms with E-state index < -0.39 is 0 Å². The van der Waals surface area contributed by atoms with E-state index in [1.54, 1.807) is 31.6 Å². The van der Waals surface area contributed by atoms with Gasteiger partial charge in [0, 0.05) is 16.6 Å². The number of carbonyl (C=O) groups excluding carboxylic acids is 1. The number of benzene rings is 1. The smallest absolute Gasteiger partial charge is 0.229 e. The quantitative estimate of drug-likeness (QED) is 0.920. The van der Waals surface area contributed by atoms with Crippen LogP contribution in [0.5, 0.6) is 11.5 Å². The first-order chi connectivity index (χ1) is 9.63. The molecule has 0 spiro atoms. The normalized spacial score (nSPS) is 10.2. The summed E-state index contributed by atoms with van der Waals surface area (Å²) >= 11 is 1.57. The number of methoxy groups -OCH3 is 2. The lowest BCUT2D eigenvalue weighted by Gasteiger charge is -2.13. The number of rotatable bonds is 5. The van der Waals surface area contributed by atoms with Gasteiger partial charge in [0.25, 0.3) is 0 Å². The van der Waals surface area contributed by atoms with Gasteiger partial charge in [-0.25, -0.2) is 0 Å². The third-order valence-electron chi connectivity index (χ3n) is 2.92. The monoisotopic (exact) mass is 291 g/mol. The standard InChI is InChI=1S/C15H17NO3S/c1-10-7-13(18-2)14(19-3)9-12(10)16-15(17)8-11-5-4-6-20-11/h4-7,9H,8H2,1-3H3,(H,16,17). The van der Waals surface area contributed by atoms with Crippen LogP contribution in [0.25, 0.3) is 0 Å². The van der Waals surface area contributed by atoms with Crippen LogP contribution in [0.4, 0.5) is 5.69 Å². The van der Waals surface area contributed by atoms with Gasteiger partial charge in [0.05, 0.1) is 20.6 Å². The summed E-state index contributed by atoms with van der Waals surface area (Å²) in [5, 5.41) is 4.87. The summed E-state index contributed by atoms with van der Waals surface area (Å²) < 4.78 is 10.5. The maximum absolute atomic E-state index is 12.0. The molecule has 1 amide bonds. The summed E-state index contributed by atoms with van der Waals surface area (Å²) in [5.41, 5.74) is 1.67. The van der Waals surface area contributed by atoms with Crippen molar-refractivity contribution >= 4 is 22.9 Å². The molecule has 1 heterocycles. The summed E-state index contributed by atoms with van der Waals surface area (Å²) in [5.74, 6) is 1.22. The van der Waals surface area contributed by atoms with Gasteiger partial charge in [-0.3, -0.25) is 4.79 Å². The molecular weight excluding hydrogens is 274 g/mol. The van der Waals surface area contributed by atoms with Gasteiger partial charge in [0.1, 0.15) is 0 Å². The lowest BCUT2D eigenvalue weighted by Crippen LogP contribution is -2.14. The Morgan fingerprint density at radius 3 is 2.55 bits per heavy atom. The van der Waals surface area contributed by atoms with Crippen molar-refractivity contribution in [3.8, 4) is 11.5 Å². The van der Waals surface area contributed by atoms with Gasteiger partial charge in [-0.1, -0.05) is 6.07 Å². The summed E-state index contributed by atoms with van der Waals surface area (Å²) in [6, 6.07) is 7.51. The molecule has 0 saturated carbocycles. The van der Waals surface area contributed by atoms with Crippen LogP contribution in [-0.2, 0) is 11.2 Å². The largest absolute Gasteiger partial charge is 0.493 e. The first-order valence-corrected chi connectivity index (χ1v) is 7.07. The molecule has 1 aromatic heterocycles. The van der Waals surface area contributed by atoms with Crippen LogP contribution >= 0.6 is 11.3 Å². The molecule has 0 aliphatic carbocycles. The predicted molar refractivity (Wildman–Crippen MR) is 80.9 cm³/mol. The average molecular weight is 291 g/mol. The van der Waals surface area contributed by atoms with E-state index in [4.69, 9.17) is 9.47 Å². The molecule has 0 unspecified atom stereocenters. The van der Waals surface area contributed by atoms with Gasteiger partial charge in [-0.15, -0.1) is 11.3 Å². The number of hydrogen-bond donors (Lipinski definition) is 1. The third-order valence-corrected chi connectivity index (χ3v) is 3.80. The van der Waals surface area contributed by atoms with Gasteiger partial charge in [-0.05, 0) is 30.0 Å². The van der Waals surface area contributed by atoms with Crippen molar-refractivity contribution < 1.29 is 14.3 Å². The van der Waals surface area contributed by atoms with E-state index in [-0.39, 0.29) is 5.91 Å². The van der Waals surface area contributed by atoms with Crippen molar-refractivity contribution in [1.82, 2.24) is 0 Å². The SMILES string of the molecule is COc1cc(C)c(NC(=O)Cc2cccs2)cc1OC.